The van der Waals surface area contributed by atoms with Crippen LogP contribution in [-0.4, -0.2) is 21.9 Å². The molecule has 0 unspecified atom stereocenters. The van der Waals surface area contributed by atoms with Crippen LogP contribution < -0.4 is 5.32 Å². The second kappa shape index (κ2) is 10.1. The third-order valence-electron chi connectivity index (χ3n) is 3.67. The highest BCUT2D eigenvalue weighted by Crippen LogP contribution is 2.25. The molecule has 0 bridgehead atoms. The van der Waals surface area contributed by atoms with E-state index in [2.05, 4.69) is 27.6 Å². The molecule has 0 aliphatic heterocycles. The highest BCUT2D eigenvalue weighted by Gasteiger charge is 2.09. The Kier molecular flexibility index (Phi) is 7.52. The fraction of sp³-hybridized carbons (Fsp3) is 0.211. The number of halogens is 2. The molecule has 0 atom stereocenters. The lowest BCUT2D eigenvalue weighted by molar-refractivity contribution is -0.113. The summed E-state index contributed by atoms with van der Waals surface area (Å²) in [4.78, 5) is 12.1. The zero-order chi connectivity index (χ0) is 19.1. The number of nitrogens with one attached hydrogen (secondary N) is 1. The molecule has 0 aliphatic rings. The normalized spacial score (nSPS) is 10.7. The number of amides is 1. The van der Waals surface area contributed by atoms with Gasteiger partial charge in [0, 0.05) is 12.2 Å². The van der Waals surface area contributed by atoms with E-state index in [1.165, 1.54) is 28.7 Å². The maximum atomic E-state index is 12.1. The van der Waals surface area contributed by atoms with E-state index in [1.54, 1.807) is 6.07 Å². The maximum Gasteiger partial charge on any atom is 0.236 e. The van der Waals surface area contributed by atoms with Crippen LogP contribution in [0.5, 0.6) is 0 Å². The van der Waals surface area contributed by atoms with Gasteiger partial charge in [-0.1, -0.05) is 70.9 Å². The highest BCUT2D eigenvalue weighted by molar-refractivity contribution is 7.99. The SMILES string of the molecule is O=C(CSCc1ccc(Cl)c(Cl)c1)Nc1nnc(CCc2ccccc2)s1. The molecule has 3 aromatic rings. The minimum absolute atomic E-state index is 0.0918. The number of rotatable bonds is 8. The molecule has 4 nitrogen and oxygen atoms in total. The number of hydrogen-bond acceptors (Lipinski definition) is 5. The first-order valence-corrected chi connectivity index (χ1v) is 11.0. The molecule has 1 amide bonds. The van der Waals surface area contributed by atoms with Crippen LogP contribution in [0, 0.1) is 0 Å². The molecule has 3 rings (SSSR count). The minimum atomic E-state index is -0.0918. The Labute approximate surface area is 176 Å². The van der Waals surface area contributed by atoms with Crippen LogP contribution in [0.2, 0.25) is 10.0 Å². The number of hydrogen-bond donors (Lipinski definition) is 1. The summed E-state index contributed by atoms with van der Waals surface area (Å²) >= 11 is 14.8. The molecule has 1 aromatic heterocycles. The minimum Gasteiger partial charge on any atom is -0.300 e. The van der Waals surface area contributed by atoms with E-state index < -0.39 is 0 Å². The Morgan fingerprint density at radius 2 is 1.81 bits per heavy atom. The van der Waals surface area contributed by atoms with Gasteiger partial charge in [0.1, 0.15) is 5.01 Å². The summed E-state index contributed by atoms with van der Waals surface area (Å²) < 4.78 is 0. The van der Waals surface area contributed by atoms with Crippen LogP contribution in [0.4, 0.5) is 5.13 Å². The molecular formula is C19H17Cl2N3OS2. The Morgan fingerprint density at radius 1 is 1.00 bits per heavy atom. The van der Waals surface area contributed by atoms with Crippen LogP contribution in [0.25, 0.3) is 0 Å². The number of carbonyl (C=O) groups is 1. The molecule has 1 N–H and O–H groups in total. The second-order valence-electron chi connectivity index (χ2n) is 5.78. The topological polar surface area (TPSA) is 54.9 Å². The van der Waals surface area contributed by atoms with Crippen LogP contribution in [-0.2, 0) is 23.4 Å². The van der Waals surface area contributed by atoms with E-state index in [0.717, 1.165) is 23.4 Å². The van der Waals surface area contributed by atoms with Crippen molar-refractivity contribution in [1.82, 2.24) is 10.2 Å². The van der Waals surface area contributed by atoms with Crippen molar-refractivity contribution in [3.63, 3.8) is 0 Å². The zero-order valence-corrected chi connectivity index (χ0v) is 17.5. The maximum absolute atomic E-state index is 12.1. The lowest BCUT2D eigenvalue weighted by Crippen LogP contribution is -2.14. The van der Waals surface area contributed by atoms with Crippen molar-refractivity contribution in [2.45, 2.75) is 18.6 Å². The summed E-state index contributed by atoms with van der Waals surface area (Å²) in [5, 5.41) is 13.5. The Morgan fingerprint density at radius 3 is 2.59 bits per heavy atom. The van der Waals surface area contributed by atoms with Crippen LogP contribution in [0.1, 0.15) is 16.1 Å². The molecule has 8 heteroatoms. The summed E-state index contributed by atoms with van der Waals surface area (Å²) in [6.07, 6.45) is 1.71. The average molecular weight is 438 g/mol. The van der Waals surface area contributed by atoms with Gasteiger partial charge in [-0.3, -0.25) is 10.1 Å². The Hall–Kier alpha value is -1.60. The number of aromatic nitrogens is 2. The molecular weight excluding hydrogens is 421 g/mol. The van der Waals surface area contributed by atoms with Gasteiger partial charge in [-0.05, 0) is 29.7 Å². The lowest BCUT2D eigenvalue weighted by Gasteiger charge is -2.03. The van der Waals surface area contributed by atoms with Crippen LogP contribution >= 0.6 is 46.3 Å². The summed E-state index contributed by atoms with van der Waals surface area (Å²) in [7, 11) is 0. The van der Waals surface area contributed by atoms with Gasteiger partial charge in [-0.15, -0.1) is 22.0 Å². The van der Waals surface area contributed by atoms with E-state index in [4.69, 9.17) is 23.2 Å². The summed E-state index contributed by atoms with van der Waals surface area (Å²) in [6.45, 7) is 0. The van der Waals surface area contributed by atoms with Gasteiger partial charge in [0.15, 0.2) is 0 Å². The first-order valence-electron chi connectivity index (χ1n) is 8.28. The Bertz CT molecular complexity index is 903. The molecule has 1 heterocycles. The number of carbonyl (C=O) groups excluding carboxylic acids is 1. The van der Waals surface area contributed by atoms with Gasteiger partial charge in [0.25, 0.3) is 0 Å². The molecule has 0 spiro atoms. The van der Waals surface area contributed by atoms with Crippen molar-refractivity contribution in [3.8, 4) is 0 Å². The number of thioether (sulfide) groups is 1. The van der Waals surface area contributed by atoms with Crippen molar-refractivity contribution in [2.24, 2.45) is 0 Å². The fourth-order valence-corrected chi connectivity index (χ4v) is 4.20. The van der Waals surface area contributed by atoms with Crippen LogP contribution in [0.3, 0.4) is 0 Å². The van der Waals surface area contributed by atoms with E-state index in [-0.39, 0.29) is 5.91 Å². The molecule has 2 aromatic carbocycles. The molecule has 140 valence electrons. The van der Waals surface area contributed by atoms with E-state index in [9.17, 15) is 4.79 Å². The van der Waals surface area contributed by atoms with Crippen LogP contribution in [0.15, 0.2) is 48.5 Å². The first kappa shape index (κ1) is 20.1. The Balaban J connectivity index is 1.41. The van der Waals surface area contributed by atoms with Crippen molar-refractivity contribution in [1.29, 1.82) is 0 Å². The van der Waals surface area contributed by atoms with Gasteiger partial charge in [0.05, 0.1) is 15.8 Å². The molecule has 0 aliphatic carbocycles. The predicted octanol–water partition coefficient (Wildman–Crippen LogP) is 5.50. The lowest BCUT2D eigenvalue weighted by atomic mass is 10.1. The van der Waals surface area contributed by atoms with E-state index in [0.29, 0.717) is 26.7 Å². The summed E-state index contributed by atoms with van der Waals surface area (Å²) in [6, 6.07) is 15.7. The molecule has 0 saturated heterocycles. The van der Waals surface area contributed by atoms with Crippen molar-refractivity contribution < 1.29 is 4.79 Å². The number of nitrogens with zero attached hydrogens (tertiary/aromatic N) is 2. The average Bonchev–Trinajstić information content (AvgIpc) is 3.11. The number of anilines is 1. The third kappa shape index (κ3) is 6.50. The quantitative estimate of drug-likeness (QED) is 0.505. The predicted molar refractivity (Wildman–Crippen MR) is 115 cm³/mol. The van der Waals surface area contributed by atoms with E-state index >= 15 is 0 Å². The molecule has 0 radical (unpaired) electrons. The van der Waals surface area contributed by atoms with Gasteiger partial charge >= 0.3 is 0 Å². The third-order valence-corrected chi connectivity index (χ3v) is 6.31. The largest absolute Gasteiger partial charge is 0.300 e. The highest BCUT2D eigenvalue weighted by atomic mass is 35.5. The zero-order valence-electron chi connectivity index (χ0n) is 14.3. The fourth-order valence-electron chi connectivity index (χ4n) is 2.35. The standard InChI is InChI=1S/C19H17Cl2N3OS2/c20-15-8-6-14(10-16(15)21)11-26-12-17(25)22-19-24-23-18(27-19)9-7-13-4-2-1-3-5-13/h1-6,8,10H,7,9,11-12H2,(H,22,24,25). The van der Waals surface area contributed by atoms with Crippen molar-refractivity contribution in [2.75, 3.05) is 11.1 Å². The molecule has 27 heavy (non-hydrogen) atoms. The smallest absolute Gasteiger partial charge is 0.236 e. The monoisotopic (exact) mass is 437 g/mol. The molecule has 0 fully saturated rings. The molecule has 0 saturated carbocycles. The van der Waals surface area contributed by atoms with Gasteiger partial charge in [-0.2, -0.15) is 0 Å². The first-order chi connectivity index (χ1) is 13.1. The summed E-state index contributed by atoms with van der Waals surface area (Å²) in [5.74, 6) is 0.924. The number of aryl methyl sites for hydroxylation is 2. The summed E-state index contributed by atoms with van der Waals surface area (Å²) in [5.41, 5.74) is 2.29. The second-order valence-corrected chi connectivity index (χ2v) is 8.64. The van der Waals surface area contributed by atoms with Gasteiger partial charge in [-0.25, -0.2) is 0 Å². The van der Waals surface area contributed by atoms with Gasteiger partial charge < -0.3 is 0 Å². The van der Waals surface area contributed by atoms with E-state index in [1.807, 2.05) is 30.3 Å². The number of benzene rings is 2. The van der Waals surface area contributed by atoms with Gasteiger partial charge in [0.2, 0.25) is 11.0 Å². The van der Waals surface area contributed by atoms with Crippen molar-refractivity contribution >= 4 is 57.3 Å². The van der Waals surface area contributed by atoms with Crippen molar-refractivity contribution in [3.05, 3.63) is 74.7 Å².